The van der Waals surface area contributed by atoms with Gasteiger partial charge in [-0.3, -0.25) is 9.42 Å². The number of nitrogens with zero attached hydrogens (tertiary/aromatic N) is 2. The van der Waals surface area contributed by atoms with E-state index in [1.165, 1.54) is 5.56 Å². The molecule has 5 heteroatoms. The van der Waals surface area contributed by atoms with E-state index in [1.807, 2.05) is 22.9 Å². The van der Waals surface area contributed by atoms with Crippen LogP contribution in [0.5, 0.6) is 0 Å². The third-order valence-electron chi connectivity index (χ3n) is 3.85. The van der Waals surface area contributed by atoms with Crippen molar-refractivity contribution in [3.63, 3.8) is 0 Å². The second-order valence-electron chi connectivity index (χ2n) is 5.30. The van der Waals surface area contributed by atoms with Gasteiger partial charge in [0.25, 0.3) is 0 Å². The lowest BCUT2D eigenvalue weighted by atomic mass is 10.1. The summed E-state index contributed by atoms with van der Waals surface area (Å²) >= 11 is 0. The highest BCUT2D eigenvalue weighted by molar-refractivity contribution is 5.14. The molecule has 0 aliphatic rings. The standard InChI is InChI=1S/C16H23N3O2/c1-4-18(5-2)12-15-16(20)21-17-19(15)13(3)11-14-9-7-6-8-10-14/h6-10,13H,4-5,11-12H2,1-3H3/p+1. The van der Waals surface area contributed by atoms with Crippen molar-refractivity contribution in [2.24, 2.45) is 0 Å². The Morgan fingerprint density at radius 3 is 2.52 bits per heavy atom. The minimum atomic E-state index is -0.276. The number of rotatable bonds is 7. The maximum absolute atomic E-state index is 11.9. The highest BCUT2D eigenvalue weighted by atomic mass is 16.5. The van der Waals surface area contributed by atoms with Gasteiger partial charge in [0, 0.05) is 13.3 Å². The molecule has 2 aromatic rings. The fraction of sp³-hybridized carbons (Fsp3) is 0.500. The monoisotopic (exact) mass is 290 g/mol. The zero-order valence-electron chi connectivity index (χ0n) is 13.0. The van der Waals surface area contributed by atoms with Gasteiger partial charge < -0.3 is 0 Å². The molecule has 0 amide bonds. The van der Waals surface area contributed by atoms with Gasteiger partial charge in [0.2, 0.25) is 0 Å². The summed E-state index contributed by atoms with van der Waals surface area (Å²) in [4.78, 5) is 14.1. The van der Waals surface area contributed by atoms with Crippen molar-refractivity contribution < 1.29 is 9.20 Å². The molecule has 21 heavy (non-hydrogen) atoms. The van der Waals surface area contributed by atoms with Crippen molar-refractivity contribution in [2.75, 3.05) is 13.1 Å². The van der Waals surface area contributed by atoms with Crippen molar-refractivity contribution in [1.29, 1.82) is 0 Å². The van der Waals surface area contributed by atoms with E-state index < -0.39 is 0 Å². The van der Waals surface area contributed by atoms with Crippen molar-refractivity contribution in [3.05, 3.63) is 52.0 Å². The Balaban J connectivity index is 2.18. The van der Waals surface area contributed by atoms with Crippen LogP contribution in [0, 0.1) is 0 Å². The summed E-state index contributed by atoms with van der Waals surface area (Å²) < 4.78 is 6.85. The second-order valence-corrected chi connectivity index (χ2v) is 5.30. The normalized spacial score (nSPS) is 12.8. The number of hydrogen-bond acceptors (Lipinski definition) is 3. The van der Waals surface area contributed by atoms with E-state index in [1.54, 1.807) is 0 Å². The minimum Gasteiger partial charge on any atom is -0.294 e. The summed E-state index contributed by atoms with van der Waals surface area (Å²) in [7, 11) is 0. The first-order chi connectivity index (χ1) is 10.2. The molecule has 1 heterocycles. The van der Waals surface area contributed by atoms with Gasteiger partial charge in [-0.05, 0) is 23.9 Å². The molecule has 1 unspecified atom stereocenters. The lowest BCUT2D eigenvalue weighted by Crippen LogP contribution is -2.47. The fourth-order valence-corrected chi connectivity index (χ4v) is 2.51. The first-order valence-electron chi connectivity index (χ1n) is 7.53. The van der Waals surface area contributed by atoms with E-state index in [4.69, 9.17) is 4.52 Å². The van der Waals surface area contributed by atoms with Crippen LogP contribution in [0.15, 0.2) is 39.6 Å². The molecule has 0 aliphatic carbocycles. The van der Waals surface area contributed by atoms with Crippen LogP contribution >= 0.6 is 0 Å². The summed E-state index contributed by atoms with van der Waals surface area (Å²) in [5.41, 5.74) is 1.65. The summed E-state index contributed by atoms with van der Waals surface area (Å²) in [6.45, 7) is 8.70. The van der Waals surface area contributed by atoms with Crippen LogP contribution in [-0.4, -0.2) is 23.3 Å². The van der Waals surface area contributed by atoms with E-state index in [0.717, 1.165) is 19.5 Å². The summed E-state index contributed by atoms with van der Waals surface area (Å²) in [6.07, 6.45) is 0.853. The molecule has 1 atom stereocenters. The molecular weight excluding hydrogens is 266 g/mol. The Morgan fingerprint density at radius 2 is 1.90 bits per heavy atom. The summed E-state index contributed by atoms with van der Waals surface area (Å²) in [6, 6.07) is 10.4. The van der Waals surface area contributed by atoms with Crippen LogP contribution in [0.2, 0.25) is 0 Å². The Kier molecular flexibility index (Phi) is 5.33. The molecule has 1 aromatic carbocycles. The van der Waals surface area contributed by atoms with E-state index in [9.17, 15) is 4.79 Å². The zero-order chi connectivity index (χ0) is 15.2. The van der Waals surface area contributed by atoms with Crippen molar-refractivity contribution >= 4 is 0 Å². The van der Waals surface area contributed by atoms with E-state index in [-0.39, 0.29) is 11.7 Å². The number of aromatic amines is 1. The second kappa shape index (κ2) is 7.22. The molecule has 0 aliphatic heterocycles. The first kappa shape index (κ1) is 15.5. The van der Waals surface area contributed by atoms with Gasteiger partial charge >= 0.3 is 11.3 Å². The van der Waals surface area contributed by atoms with Crippen LogP contribution in [0.3, 0.4) is 0 Å². The maximum Gasteiger partial charge on any atom is 0.431 e. The third kappa shape index (κ3) is 3.82. The lowest BCUT2D eigenvalue weighted by Gasteiger charge is -2.14. The maximum atomic E-state index is 11.9. The number of hydrogen-bond donors (Lipinski definition) is 1. The van der Waals surface area contributed by atoms with E-state index in [2.05, 4.69) is 43.1 Å². The van der Waals surface area contributed by atoms with Crippen molar-refractivity contribution in [2.45, 2.75) is 39.8 Å². The van der Waals surface area contributed by atoms with Crippen LogP contribution < -0.4 is 10.3 Å². The first-order valence-corrected chi connectivity index (χ1v) is 7.53. The average molecular weight is 290 g/mol. The molecule has 0 bridgehead atoms. The highest BCUT2D eigenvalue weighted by Gasteiger charge is 2.27. The molecule has 1 N–H and O–H groups in total. The number of nitrogens with one attached hydrogen (secondary N) is 1. The summed E-state index contributed by atoms with van der Waals surface area (Å²) in [5.74, 6) is 0. The molecule has 5 nitrogen and oxygen atoms in total. The predicted octanol–water partition coefficient (Wildman–Crippen LogP) is 1.90. The largest absolute Gasteiger partial charge is 0.431 e. The Hall–Kier alpha value is -1.88. The van der Waals surface area contributed by atoms with Gasteiger partial charge in [0.15, 0.2) is 6.04 Å². The fourth-order valence-electron chi connectivity index (χ4n) is 2.51. The van der Waals surface area contributed by atoms with Crippen molar-refractivity contribution in [1.82, 2.24) is 10.2 Å². The molecule has 0 spiro atoms. The zero-order valence-corrected chi connectivity index (χ0v) is 13.0. The topological polar surface area (TPSA) is 53.1 Å². The average Bonchev–Trinajstić information content (AvgIpc) is 2.86. The van der Waals surface area contributed by atoms with Crippen LogP contribution in [-0.2, 0) is 13.0 Å². The van der Waals surface area contributed by atoms with Crippen LogP contribution in [0.25, 0.3) is 0 Å². The Morgan fingerprint density at radius 1 is 1.24 bits per heavy atom. The van der Waals surface area contributed by atoms with Crippen molar-refractivity contribution in [3.8, 4) is 0 Å². The van der Waals surface area contributed by atoms with Gasteiger partial charge in [0.1, 0.15) is 0 Å². The van der Waals surface area contributed by atoms with Gasteiger partial charge in [-0.2, -0.15) is 0 Å². The predicted molar refractivity (Wildman–Crippen MR) is 81.0 cm³/mol. The molecule has 0 saturated heterocycles. The SMILES string of the molecule is CCN(CC)Cc1c(=O)o[nH][n+]1C(C)Cc1ccccc1. The molecule has 0 radical (unpaired) electrons. The quantitative estimate of drug-likeness (QED) is 0.792. The van der Waals surface area contributed by atoms with Gasteiger partial charge in [-0.1, -0.05) is 48.9 Å². The lowest BCUT2D eigenvalue weighted by molar-refractivity contribution is -0.788. The third-order valence-corrected chi connectivity index (χ3v) is 3.85. The molecule has 0 fully saturated rings. The van der Waals surface area contributed by atoms with E-state index >= 15 is 0 Å². The molecular formula is C16H24N3O2+. The smallest absolute Gasteiger partial charge is 0.294 e. The molecule has 114 valence electrons. The number of benzene rings is 1. The Bertz CT molecular complexity index is 599. The summed E-state index contributed by atoms with van der Waals surface area (Å²) in [5, 5.41) is 2.75. The molecule has 1 aromatic heterocycles. The molecule has 0 saturated carbocycles. The Labute approximate surface area is 125 Å². The van der Waals surface area contributed by atoms with Crippen LogP contribution in [0.1, 0.15) is 38.1 Å². The number of aromatic nitrogens is 2. The molecule has 2 rings (SSSR count). The number of H-pyrrole nitrogens is 1. The highest BCUT2D eigenvalue weighted by Crippen LogP contribution is 2.08. The van der Waals surface area contributed by atoms with Gasteiger partial charge in [0.05, 0.1) is 6.54 Å². The van der Waals surface area contributed by atoms with Crippen LogP contribution in [0.4, 0.5) is 0 Å². The van der Waals surface area contributed by atoms with Gasteiger partial charge in [-0.15, -0.1) is 0 Å². The van der Waals surface area contributed by atoms with E-state index in [0.29, 0.717) is 12.2 Å². The van der Waals surface area contributed by atoms with Gasteiger partial charge in [-0.25, -0.2) is 4.79 Å². The minimum absolute atomic E-state index is 0.143.